The molecule has 2 N–H and O–H groups in total. The van der Waals surface area contributed by atoms with Crippen LogP contribution < -0.4 is 5.32 Å². The predicted octanol–water partition coefficient (Wildman–Crippen LogP) is 2.79. The first kappa shape index (κ1) is 14.1. The van der Waals surface area contributed by atoms with E-state index >= 15 is 0 Å². The third kappa shape index (κ3) is 4.06. The molecule has 0 spiro atoms. The Morgan fingerprint density at radius 1 is 1.32 bits per heavy atom. The molecule has 1 amide bonds. The van der Waals surface area contributed by atoms with Gasteiger partial charge in [-0.3, -0.25) is 9.59 Å². The van der Waals surface area contributed by atoms with Crippen molar-refractivity contribution in [2.75, 3.05) is 0 Å². The zero-order valence-electron chi connectivity index (χ0n) is 10.9. The van der Waals surface area contributed by atoms with E-state index in [-0.39, 0.29) is 17.7 Å². The first-order valence-electron chi connectivity index (χ1n) is 6.61. The Morgan fingerprint density at radius 2 is 2.05 bits per heavy atom. The van der Waals surface area contributed by atoms with Crippen LogP contribution >= 0.6 is 11.3 Å². The molecule has 4 nitrogen and oxygen atoms in total. The lowest BCUT2D eigenvalue weighted by atomic mass is 9.79. The minimum Gasteiger partial charge on any atom is -0.481 e. The molecule has 1 aromatic heterocycles. The molecule has 0 aromatic carbocycles. The van der Waals surface area contributed by atoms with Gasteiger partial charge < -0.3 is 10.4 Å². The lowest BCUT2D eigenvalue weighted by Gasteiger charge is -2.26. The minimum atomic E-state index is -0.798. The van der Waals surface area contributed by atoms with E-state index in [1.807, 2.05) is 17.5 Å². The van der Waals surface area contributed by atoms with Gasteiger partial charge in [0.2, 0.25) is 5.91 Å². The number of thiophene rings is 1. The average Bonchev–Trinajstić information content (AvgIpc) is 2.97. The SMILES string of the molecule is O=C(O)CC1(CC(=O)NCc2cccs2)CCCC1. The molecule has 2 rings (SSSR count). The Kier molecular flexibility index (Phi) is 4.58. The van der Waals surface area contributed by atoms with Gasteiger partial charge in [0.25, 0.3) is 0 Å². The fraction of sp³-hybridized carbons (Fsp3) is 0.571. The van der Waals surface area contributed by atoms with Crippen LogP contribution in [0.15, 0.2) is 17.5 Å². The Labute approximate surface area is 116 Å². The number of carbonyl (C=O) groups is 2. The van der Waals surface area contributed by atoms with E-state index in [0.29, 0.717) is 13.0 Å². The highest BCUT2D eigenvalue weighted by Gasteiger charge is 2.37. The Bertz CT molecular complexity index is 436. The van der Waals surface area contributed by atoms with Crippen LogP contribution in [-0.2, 0) is 16.1 Å². The number of carbonyl (C=O) groups excluding carboxylic acids is 1. The quantitative estimate of drug-likeness (QED) is 0.842. The number of amides is 1. The van der Waals surface area contributed by atoms with Crippen LogP contribution in [0.4, 0.5) is 0 Å². The van der Waals surface area contributed by atoms with Crippen LogP contribution in [-0.4, -0.2) is 17.0 Å². The Balaban J connectivity index is 1.86. The fourth-order valence-electron chi connectivity index (χ4n) is 2.86. The molecule has 1 fully saturated rings. The molecule has 0 bridgehead atoms. The molecule has 1 aliphatic carbocycles. The number of carboxylic acid groups (broad SMARTS) is 1. The number of nitrogens with one attached hydrogen (secondary N) is 1. The summed E-state index contributed by atoms with van der Waals surface area (Å²) in [7, 11) is 0. The van der Waals surface area contributed by atoms with Crippen LogP contribution in [0.1, 0.15) is 43.4 Å². The lowest BCUT2D eigenvalue weighted by molar-refractivity contribution is -0.140. The summed E-state index contributed by atoms with van der Waals surface area (Å²) in [6.07, 6.45) is 4.22. The predicted molar refractivity (Wildman–Crippen MR) is 73.9 cm³/mol. The molecule has 0 aliphatic heterocycles. The van der Waals surface area contributed by atoms with Gasteiger partial charge in [0, 0.05) is 11.3 Å². The van der Waals surface area contributed by atoms with Gasteiger partial charge in [0.15, 0.2) is 0 Å². The second kappa shape index (κ2) is 6.19. The second-order valence-electron chi connectivity index (χ2n) is 5.31. The molecule has 1 heterocycles. The van der Waals surface area contributed by atoms with Crippen molar-refractivity contribution >= 4 is 23.2 Å². The van der Waals surface area contributed by atoms with Crippen molar-refractivity contribution in [3.63, 3.8) is 0 Å². The standard InChI is InChI=1S/C14H19NO3S/c16-12(15-10-11-4-3-7-19-11)8-14(9-13(17)18)5-1-2-6-14/h3-4,7H,1-2,5-6,8-10H2,(H,15,16)(H,17,18). The number of carboxylic acids is 1. The van der Waals surface area contributed by atoms with Gasteiger partial charge in [-0.15, -0.1) is 11.3 Å². The summed E-state index contributed by atoms with van der Waals surface area (Å²) in [5.41, 5.74) is -0.314. The van der Waals surface area contributed by atoms with E-state index < -0.39 is 5.97 Å². The monoisotopic (exact) mass is 281 g/mol. The van der Waals surface area contributed by atoms with Gasteiger partial charge >= 0.3 is 5.97 Å². The first-order valence-corrected chi connectivity index (χ1v) is 7.49. The topological polar surface area (TPSA) is 66.4 Å². The van der Waals surface area contributed by atoms with Crippen LogP contribution in [0, 0.1) is 5.41 Å². The molecule has 0 atom stereocenters. The van der Waals surface area contributed by atoms with Gasteiger partial charge in [0.1, 0.15) is 0 Å². The first-order chi connectivity index (χ1) is 9.10. The summed E-state index contributed by atoms with van der Waals surface area (Å²) < 4.78 is 0. The summed E-state index contributed by atoms with van der Waals surface area (Å²) in [4.78, 5) is 24.1. The molecular weight excluding hydrogens is 262 g/mol. The molecule has 1 aliphatic rings. The molecule has 0 saturated heterocycles. The highest BCUT2D eigenvalue weighted by molar-refractivity contribution is 7.09. The van der Waals surface area contributed by atoms with Gasteiger partial charge in [-0.1, -0.05) is 18.9 Å². The maximum absolute atomic E-state index is 12.0. The van der Waals surface area contributed by atoms with Crippen molar-refractivity contribution in [3.05, 3.63) is 22.4 Å². The second-order valence-corrected chi connectivity index (χ2v) is 6.34. The summed E-state index contributed by atoms with van der Waals surface area (Å²) >= 11 is 1.61. The van der Waals surface area contributed by atoms with Crippen molar-refractivity contribution in [3.8, 4) is 0 Å². The Morgan fingerprint density at radius 3 is 2.63 bits per heavy atom. The largest absolute Gasteiger partial charge is 0.481 e. The molecule has 0 unspecified atom stereocenters. The molecule has 1 aromatic rings. The molecule has 5 heteroatoms. The molecule has 19 heavy (non-hydrogen) atoms. The minimum absolute atomic E-state index is 0.0310. The summed E-state index contributed by atoms with van der Waals surface area (Å²) in [5, 5.41) is 13.9. The third-order valence-corrected chi connectivity index (χ3v) is 4.64. The number of rotatable bonds is 6. The lowest BCUT2D eigenvalue weighted by Crippen LogP contribution is -2.31. The van der Waals surface area contributed by atoms with E-state index in [0.717, 1.165) is 30.6 Å². The van der Waals surface area contributed by atoms with Crippen molar-refractivity contribution in [2.45, 2.75) is 45.1 Å². The summed E-state index contributed by atoms with van der Waals surface area (Å²) in [5.74, 6) is -0.829. The van der Waals surface area contributed by atoms with Gasteiger partial charge in [-0.2, -0.15) is 0 Å². The molecule has 0 radical (unpaired) electrons. The summed E-state index contributed by atoms with van der Waals surface area (Å²) in [6.45, 7) is 0.541. The highest BCUT2D eigenvalue weighted by Crippen LogP contribution is 2.44. The number of aliphatic carboxylic acids is 1. The Hall–Kier alpha value is -1.36. The van der Waals surface area contributed by atoms with Gasteiger partial charge in [-0.25, -0.2) is 0 Å². The molecular formula is C14H19NO3S. The fourth-order valence-corrected chi connectivity index (χ4v) is 3.51. The maximum Gasteiger partial charge on any atom is 0.303 e. The van der Waals surface area contributed by atoms with Crippen molar-refractivity contribution in [1.29, 1.82) is 0 Å². The van der Waals surface area contributed by atoms with Crippen LogP contribution in [0.3, 0.4) is 0 Å². The van der Waals surface area contributed by atoms with Crippen molar-refractivity contribution < 1.29 is 14.7 Å². The average molecular weight is 281 g/mol. The van der Waals surface area contributed by atoms with Crippen molar-refractivity contribution in [2.24, 2.45) is 5.41 Å². The van der Waals surface area contributed by atoms with E-state index in [4.69, 9.17) is 5.11 Å². The molecule has 104 valence electrons. The summed E-state index contributed by atoms with van der Waals surface area (Å²) in [6, 6.07) is 3.93. The number of hydrogen-bond acceptors (Lipinski definition) is 3. The zero-order chi connectivity index (χ0) is 13.7. The van der Waals surface area contributed by atoms with E-state index in [1.165, 1.54) is 0 Å². The van der Waals surface area contributed by atoms with Gasteiger partial charge in [-0.05, 0) is 29.7 Å². The normalized spacial score (nSPS) is 17.3. The maximum atomic E-state index is 12.0. The van der Waals surface area contributed by atoms with E-state index in [1.54, 1.807) is 11.3 Å². The van der Waals surface area contributed by atoms with E-state index in [2.05, 4.69) is 5.32 Å². The van der Waals surface area contributed by atoms with Crippen molar-refractivity contribution in [1.82, 2.24) is 5.32 Å². The van der Waals surface area contributed by atoms with Crippen LogP contribution in [0.25, 0.3) is 0 Å². The number of hydrogen-bond donors (Lipinski definition) is 2. The van der Waals surface area contributed by atoms with Gasteiger partial charge in [0.05, 0.1) is 13.0 Å². The van der Waals surface area contributed by atoms with E-state index in [9.17, 15) is 9.59 Å². The smallest absolute Gasteiger partial charge is 0.303 e. The zero-order valence-corrected chi connectivity index (χ0v) is 11.7. The van der Waals surface area contributed by atoms with Crippen LogP contribution in [0.2, 0.25) is 0 Å². The van der Waals surface area contributed by atoms with Crippen LogP contribution in [0.5, 0.6) is 0 Å². The third-order valence-electron chi connectivity index (χ3n) is 3.77. The molecule has 1 saturated carbocycles. The highest BCUT2D eigenvalue weighted by atomic mass is 32.1.